The molecule has 0 aromatic carbocycles. The number of aromatic nitrogens is 3. The minimum absolute atomic E-state index is 0.207. The first-order valence-corrected chi connectivity index (χ1v) is 8.34. The highest BCUT2D eigenvalue weighted by molar-refractivity contribution is 6.03. The van der Waals surface area contributed by atoms with Gasteiger partial charge in [0.2, 0.25) is 0 Å². The maximum absolute atomic E-state index is 12.4. The van der Waals surface area contributed by atoms with Crippen molar-refractivity contribution in [3.63, 3.8) is 0 Å². The summed E-state index contributed by atoms with van der Waals surface area (Å²) in [6.07, 6.45) is 2.51. The minimum Gasteiger partial charge on any atom is -0.444 e. The molecular formula is C17H24N6O4. The van der Waals surface area contributed by atoms with Crippen LogP contribution in [0.25, 0.3) is 0 Å². The summed E-state index contributed by atoms with van der Waals surface area (Å²) < 4.78 is 7.94. The van der Waals surface area contributed by atoms with Crippen molar-refractivity contribution in [1.82, 2.24) is 19.8 Å². The molecule has 0 fully saturated rings. The fraction of sp³-hybridized carbons (Fsp3) is 0.412. The van der Waals surface area contributed by atoms with Gasteiger partial charge in [-0.1, -0.05) is 0 Å². The van der Waals surface area contributed by atoms with Gasteiger partial charge in [-0.3, -0.25) is 24.4 Å². The fourth-order valence-electron chi connectivity index (χ4n) is 2.09. The van der Waals surface area contributed by atoms with E-state index < -0.39 is 29.6 Å². The van der Waals surface area contributed by atoms with Crippen LogP contribution in [0.3, 0.4) is 0 Å². The van der Waals surface area contributed by atoms with Gasteiger partial charge in [0.05, 0.1) is 0 Å². The second-order valence-corrected chi connectivity index (χ2v) is 6.94. The summed E-state index contributed by atoms with van der Waals surface area (Å²) in [6.45, 7) is 6.69. The zero-order valence-electron chi connectivity index (χ0n) is 15.9. The standard InChI is InChI=1S/C17H24N6O4/c1-11(18-16(26)27-17(2,3)4)14(24)21-23-9-6-7-12(23)15(25)19-13-8-10-22(5)20-13/h6-11H,1-5H3,(H,18,26)(H,21,24)(H,19,20,25). The molecule has 2 aromatic heterocycles. The number of rotatable bonds is 5. The molecule has 10 heteroatoms. The third-order valence-electron chi connectivity index (χ3n) is 3.29. The van der Waals surface area contributed by atoms with E-state index in [1.165, 1.54) is 17.8 Å². The molecule has 146 valence electrons. The van der Waals surface area contributed by atoms with Crippen LogP contribution in [0, 0.1) is 0 Å². The molecule has 0 aliphatic carbocycles. The maximum atomic E-state index is 12.4. The van der Waals surface area contributed by atoms with Gasteiger partial charge in [-0.05, 0) is 39.8 Å². The number of carbonyl (C=O) groups excluding carboxylic acids is 3. The summed E-state index contributed by atoms with van der Waals surface area (Å²) >= 11 is 0. The van der Waals surface area contributed by atoms with Gasteiger partial charge in [0.1, 0.15) is 17.3 Å². The van der Waals surface area contributed by atoms with Gasteiger partial charge in [0.25, 0.3) is 11.8 Å². The molecule has 0 aliphatic rings. The molecule has 0 spiro atoms. The van der Waals surface area contributed by atoms with Crippen LogP contribution >= 0.6 is 0 Å². The van der Waals surface area contributed by atoms with Gasteiger partial charge >= 0.3 is 6.09 Å². The predicted octanol–water partition coefficient (Wildman–Crippen LogP) is 1.46. The molecule has 10 nitrogen and oxygen atoms in total. The minimum atomic E-state index is -0.867. The molecule has 1 unspecified atom stereocenters. The first-order chi connectivity index (χ1) is 12.5. The molecule has 2 heterocycles. The van der Waals surface area contributed by atoms with E-state index in [4.69, 9.17) is 4.74 Å². The average molecular weight is 376 g/mol. The number of hydrogen-bond donors (Lipinski definition) is 3. The fourth-order valence-corrected chi connectivity index (χ4v) is 2.09. The Morgan fingerprint density at radius 2 is 1.89 bits per heavy atom. The molecule has 0 saturated carbocycles. The highest BCUT2D eigenvalue weighted by atomic mass is 16.6. The Morgan fingerprint density at radius 3 is 2.48 bits per heavy atom. The average Bonchev–Trinajstić information content (AvgIpc) is 3.14. The Morgan fingerprint density at radius 1 is 1.19 bits per heavy atom. The van der Waals surface area contributed by atoms with Crippen LogP contribution in [0.15, 0.2) is 30.6 Å². The first-order valence-electron chi connectivity index (χ1n) is 8.34. The maximum Gasteiger partial charge on any atom is 0.408 e. The molecule has 3 N–H and O–H groups in total. The molecular weight excluding hydrogens is 352 g/mol. The lowest BCUT2D eigenvalue weighted by molar-refractivity contribution is -0.118. The van der Waals surface area contributed by atoms with Crippen molar-refractivity contribution in [1.29, 1.82) is 0 Å². The smallest absolute Gasteiger partial charge is 0.408 e. The summed E-state index contributed by atoms with van der Waals surface area (Å²) in [7, 11) is 1.73. The number of nitrogens with one attached hydrogen (secondary N) is 3. The molecule has 1 atom stereocenters. The third kappa shape index (κ3) is 5.87. The van der Waals surface area contributed by atoms with Crippen LogP contribution in [-0.4, -0.2) is 44.0 Å². The van der Waals surface area contributed by atoms with E-state index >= 15 is 0 Å². The van der Waals surface area contributed by atoms with Crippen LogP contribution < -0.4 is 16.1 Å². The highest BCUT2D eigenvalue weighted by Crippen LogP contribution is 2.08. The molecule has 0 bridgehead atoms. The predicted molar refractivity (Wildman–Crippen MR) is 98.8 cm³/mol. The zero-order chi connectivity index (χ0) is 20.2. The Labute approximate surface area is 156 Å². The number of aryl methyl sites for hydroxylation is 1. The van der Waals surface area contributed by atoms with Crippen molar-refractivity contribution < 1.29 is 19.1 Å². The summed E-state index contributed by atoms with van der Waals surface area (Å²) in [5.74, 6) is -0.558. The lowest BCUT2D eigenvalue weighted by Crippen LogP contribution is -2.46. The van der Waals surface area contributed by atoms with E-state index in [0.29, 0.717) is 5.82 Å². The number of anilines is 1. The topological polar surface area (TPSA) is 119 Å². The summed E-state index contributed by atoms with van der Waals surface area (Å²) in [5.41, 5.74) is 2.09. The van der Waals surface area contributed by atoms with Crippen molar-refractivity contribution in [2.24, 2.45) is 7.05 Å². The number of alkyl carbamates (subject to hydrolysis) is 1. The van der Waals surface area contributed by atoms with Gasteiger partial charge < -0.3 is 15.4 Å². The van der Waals surface area contributed by atoms with E-state index in [9.17, 15) is 14.4 Å². The largest absolute Gasteiger partial charge is 0.444 e. The monoisotopic (exact) mass is 376 g/mol. The third-order valence-corrected chi connectivity index (χ3v) is 3.29. The quantitative estimate of drug-likeness (QED) is 0.730. The Kier molecular flexibility index (Phi) is 5.88. The van der Waals surface area contributed by atoms with Gasteiger partial charge in [-0.15, -0.1) is 0 Å². The van der Waals surface area contributed by atoms with Crippen molar-refractivity contribution in [3.8, 4) is 0 Å². The van der Waals surface area contributed by atoms with E-state index in [1.807, 2.05) is 0 Å². The Balaban J connectivity index is 1.97. The number of hydrogen-bond acceptors (Lipinski definition) is 5. The number of ether oxygens (including phenoxy) is 1. The Hall–Kier alpha value is -3.30. The normalized spacial score (nSPS) is 12.2. The molecule has 0 radical (unpaired) electrons. The number of amides is 3. The summed E-state index contributed by atoms with van der Waals surface area (Å²) in [6, 6.07) is 3.94. The van der Waals surface area contributed by atoms with Gasteiger partial charge in [0.15, 0.2) is 5.82 Å². The van der Waals surface area contributed by atoms with E-state index in [0.717, 1.165) is 0 Å². The van der Waals surface area contributed by atoms with Crippen LogP contribution in [-0.2, 0) is 16.6 Å². The van der Waals surface area contributed by atoms with Crippen molar-refractivity contribution in [2.45, 2.75) is 39.3 Å². The van der Waals surface area contributed by atoms with Crippen LogP contribution in [0.1, 0.15) is 38.2 Å². The van der Waals surface area contributed by atoms with Gasteiger partial charge in [-0.25, -0.2) is 4.79 Å². The Bertz CT molecular complexity index is 833. The van der Waals surface area contributed by atoms with E-state index in [1.54, 1.807) is 56.9 Å². The summed E-state index contributed by atoms with van der Waals surface area (Å²) in [5, 5.41) is 9.14. The van der Waals surface area contributed by atoms with Crippen LogP contribution in [0.4, 0.5) is 10.6 Å². The van der Waals surface area contributed by atoms with Crippen molar-refractivity contribution in [3.05, 3.63) is 36.3 Å². The van der Waals surface area contributed by atoms with Crippen LogP contribution in [0.2, 0.25) is 0 Å². The molecule has 0 aliphatic heterocycles. The first kappa shape index (κ1) is 20.0. The highest BCUT2D eigenvalue weighted by Gasteiger charge is 2.22. The van der Waals surface area contributed by atoms with Crippen LogP contribution in [0.5, 0.6) is 0 Å². The lowest BCUT2D eigenvalue weighted by atomic mass is 10.2. The molecule has 2 aromatic rings. The molecule has 3 amide bonds. The van der Waals surface area contributed by atoms with Crippen molar-refractivity contribution >= 4 is 23.7 Å². The molecule has 2 rings (SSSR count). The number of carbonyl (C=O) groups is 3. The SMILES string of the molecule is CC(NC(=O)OC(C)(C)C)C(=O)Nn1cccc1C(=O)Nc1ccn(C)n1. The van der Waals surface area contributed by atoms with Gasteiger partial charge in [0, 0.05) is 25.5 Å². The van der Waals surface area contributed by atoms with Gasteiger partial charge in [-0.2, -0.15) is 5.10 Å². The lowest BCUT2D eigenvalue weighted by Gasteiger charge is -2.22. The molecule has 0 saturated heterocycles. The second kappa shape index (κ2) is 7.94. The zero-order valence-corrected chi connectivity index (χ0v) is 15.9. The van der Waals surface area contributed by atoms with E-state index in [2.05, 4.69) is 21.2 Å². The van der Waals surface area contributed by atoms with Crippen molar-refractivity contribution in [2.75, 3.05) is 10.7 Å². The second-order valence-electron chi connectivity index (χ2n) is 6.94. The van der Waals surface area contributed by atoms with E-state index in [-0.39, 0.29) is 5.69 Å². The molecule has 27 heavy (non-hydrogen) atoms. The summed E-state index contributed by atoms with van der Waals surface area (Å²) in [4.78, 5) is 36.4. The number of nitrogens with zero attached hydrogens (tertiary/aromatic N) is 3.